The molecule has 0 amide bonds. The van der Waals surface area contributed by atoms with Crippen LogP contribution in [0.25, 0.3) is 6.08 Å². The van der Waals surface area contributed by atoms with Crippen molar-refractivity contribution in [2.24, 2.45) is 0 Å². The van der Waals surface area contributed by atoms with Crippen molar-refractivity contribution in [1.29, 1.82) is 0 Å². The summed E-state index contributed by atoms with van der Waals surface area (Å²) in [5, 5.41) is 0.0881. The van der Waals surface area contributed by atoms with Crippen molar-refractivity contribution in [2.75, 3.05) is 13.7 Å². The predicted octanol–water partition coefficient (Wildman–Crippen LogP) is 1.71. The number of carbonyl (C=O) groups is 1. The molecule has 6 heteroatoms. The van der Waals surface area contributed by atoms with E-state index >= 15 is 0 Å². The van der Waals surface area contributed by atoms with E-state index < -0.39 is 5.97 Å². The number of carbonyl (C=O) groups excluding carboxylic acids is 1. The molecule has 0 aliphatic heterocycles. The van der Waals surface area contributed by atoms with Gasteiger partial charge in [-0.05, 0) is 24.6 Å². The second-order valence-electron chi connectivity index (χ2n) is 2.69. The lowest BCUT2D eigenvalue weighted by Crippen LogP contribution is -1.99. The normalized spacial score (nSPS) is 10.4. The summed E-state index contributed by atoms with van der Waals surface area (Å²) in [5.41, 5.74) is 0.556. The molecule has 16 heavy (non-hydrogen) atoms. The van der Waals surface area contributed by atoms with Gasteiger partial charge in [0.1, 0.15) is 0 Å². The lowest BCUT2D eigenvalue weighted by Gasteiger charge is -2.02. The number of ether oxygens (including phenoxy) is 2. The molecule has 0 fully saturated rings. The Kier molecular flexibility index (Phi) is 4.72. The van der Waals surface area contributed by atoms with Gasteiger partial charge in [-0.2, -0.15) is 4.98 Å². The van der Waals surface area contributed by atoms with E-state index in [9.17, 15) is 4.79 Å². The molecule has 0 saturated carbocycles. The average molecular weight is 243 g/mol. The third-order valence-electron chi connectivity index (χ3n) is 1.63. The summed E-state index contributed by atoms with van der Waals surface area (Å²) in [5.74, 6) is -0.125. The average Bonchev–Trinajstić information content (AvgIpc) is 2.27. The van der Waals surface area contributed by atoms with E-state index in [2.05, 4.69) is 9.97 Å². The Bertz CT molecular complexity index is 407. The van der Waals surface area contributed by atoms with Gasteiger partial charge in [0.05, 0.1) is 19.3 Å². The number of hydrogen-bond donors (Lipinski definition) is 0. The van der Waals surface area contributed by atoms with Gasteiger partial charge in [0.15, 0.2) is 0 Å². The van der Waals surface area contributed by atoms with Crippen LogP contribution in [0.2, 0.25) is 5.28 Å². The van der Waals surface area contributed by atoms with Gasteiger partial charge in [-0.1, -0.05) is 0 Å². The summed E-state index contributed by atoms with van der Waals surface area (Å²) < 4.78 is 9.71. The van der Waals surface area contributed by atoms with Gasteiger partial charge in [-0.25, -0.2) is 9.78 Å². The molecule has 5 nitrogen and oxygen atoms in total. The van der Waals surface area contributed by atoms with E-state index in [-0.39, 0.29) is 5.28 Å². The zero-order chi connectivity index (χ0) is 12.0. The Morgan fingerprint density at radius 3 is 3.00 bits per heavy atom. The molecule has 86 valence electrons. The van der Waals surface area contributed by atoms with Gasteiger partial charge < -0.3 is 9.47 Å². The topological polar surface area (TPSA) is 61.3 Å². The number of aromatic nitrogens is 2. The van der Waals surface area contributed by atoms with Gasteiger partial charge >= 0.3 is 5.97 Å². The maximum absolute atomic E-state index is 11.1. The van der Waals surface area contributed by atoms with Crippen molar-refractivity contribution in [3.8, 4) is 5.88 Å². The number of methoxy groups -OCH3 is 1. The maximum Gasteiger partial charge on any atom is 0.330 e. The zero-order valence-corrected chi connectivity index (χ0v) is 9.69. The summed E-state index contributed by atoms with van der Waals surface area (Å²) in [6.07, 6.45) is 4.25. The summed E-state index contributed by atoms with van der Waals surface area (Å²) in [4.78, 5) is 18.7. The largest absolute Gasteiger partial charge is 0.480 e. The summed E-state index contributed by atoms with van der Waals surface area (Å²) in [7, 11) is 1.46. The number of hydrogen-bond acceptors (Lipinski definition) is 5. The fraction of sp³-hybridized carbons (Fsp3) is 0.300. The SMILES string of the molecule is CCOC(=O)C=Cc1cnc(Cl)nc1OC. The predicted molar refractivity (Wildman–Crippen MR) is 59.3 cm³/mol. The molecule has 0 unspecified atom stereocenters. The standard InChI is InChI=1S/C10H11ClN2O3/c1-3-16-8(14)5-4-7-6-12-10(11)13-9(7)15-2/h4-6H,3H2,1-2H3. The summed E-state index contributed by atoms with van der Waals surface area (Å²) in [6, 6.07) is 0. The lowest BCUT2D eigenvalue weighted by molar-refractivity contribution is -0.137. The third kappa shape index (κ3) is 3.51. The van der Waals surface area contributed by atoms with Crippen molar-refractivity contribution < 1.29 is 14.3 Å². The Morgan fingerprint density at radius 1 is 1.62 bits per heavy atom. The first-order chi connectivity index (χ1) is 7.67. The molecule has 0 aliphatic rings. The quantitative estimate of drug-likeness (QED) is 0.457. The molecule has 0 aromatic carbocycles. The molecule has 0 atom stereocenters. The van der Waals surface area contributed by atoms with E-state index in [1.54, 1.807) is 6.92 Å². The highest BCUT2D eigenvalue weighted by molar-refractivity contribution is 6.28. The number of rotatable bonds is 4. The molecule has 1 aromatic heterocycles. The highest BCUT2D eigenvalue weighted by Crippen LogP contribution is 2.17. The Hall–Kier alpha value is -1.62. The van der Waals surface area contributed by atoms with Gasteiger partial charge in [0.2, 0.25) is 11.2 Å². The molecular weight excluding hydrogens is 232 g/mol. The molecule has 0 radical (unpaired) electrons. The van der Waals surface area contributed by atoms with Crippen molar-refractivity contribution in [3.05, 3.63) is 23.1 Å². The van der Waals surface area contributed by atoms with Crippen molar-refractivity contribution >= 4 is 23.6 Å². The van der Waals surface area contributed by atoms with E-state index in [0.717, 1.165) is 0 Å². The van der Waals surface area contributed by atoms with Crippen LogP contribution in [0.3, 0.4) is 0 Å². The second-order valence-corrected chi connectivity index (χ2v) is 3.03. The van der Waals surface area contributed by atoms with Crippen LogP contribution in [0.1, 0.15) is 12.5 Å². The molecule has 1 heterocycles. The first kappa shape index (κ1) is 12.4. The van der Waals surface area contributed by atoms with Gasteiger partial charge in [-0.3, -0.25) is 0 Å². The lowest BCUT2D eigenvalue weighted by atomic mass is 10.3. The van der Waals surface area contributed by atoms with Crippen LogP contribution in [-0.4, -0.2) is 29.7 Å². The van der Waals surface area contributed by atoms with E-state index in [1.807, 2.05) is 0 Å². The van der Waals surface area contributed by atoms with E-state index in [0.29, 0.717) is 18.1 Å². The Balaban J connectivity index is 2.84. The van der Waals surface area contributed by atoms with Gasteiger partial charge in [0.25, 0.3) is 0 Å². The van der Waals surface area contributed by atoms with E-state index in [4.69, 9.17) is 21.1 Å². The third-order valence-corrected chi connectivity index (χ3v) is 1.81. The van der Waals surface area contributed by atoms with Crippen LogP contribution in [0.15, 0.2) is 12.3 Å². The van der Waals surface area contributed by atoms with Crippen LogP contribution in [0.4, 0.5) is 0 Å². The van der Waals surface area contributed by atoms with Crippen molar-refractivity contribution in [1.82, 2.24) is 9.97 Å². The fourth-order valence-corrected chi connectivity index (χ4v) is 1.11. The minimum Gasteiger partial charge on any atom is -0.480 e. The smallest absolute Gasteiger partial charge is 0.330 e. The first-order valence-corrected chi connectivity index (χ1v) is 4.96. The van der Waals surface area contributed by atoms with Crippen LogP contribution >= 0.6 is 11.6 Å². The van der Waals surface area contributed by atoms with Crippen LogP contribution in [-0.2, 0) is 9.53 Å². The highest BCUT2D eigenvalue weighted by atomic mass is 35.5. The Labute approximate surface area is 98.1 Å². The van der Waals surface area contributed by atoms with E-state index in [1.165, 1.54) is 25.5 Å². The second kappa shape index (κ2) is 6.07. The molecule has 0 bridgehead atoms. The summed E-state index contributed by atoms with van der Waals surface area (Å²) in [6.45, 7) is 2.06. The minimum atomic E-state index is -0.431. The zero-order valence-electron chi connectivity index (χ0n) is 8.94. The monoisotopic (exact) mass is 242 g/mol. The number of halogens is 1. The van der Waals surface area contributed by atoms with Crippen LogP contribution < -0.4 is 4.74 Å². The van der Waals surface area contributed by atoms with Gasteiger partial charge in [0, 0.05) is 12.3 Å². The summed E-state index contributed by atoms with van der Waals surface area (Å²) >= 11 is 5.59. The molecule has 1 aromatic rings. The molecule has 0 spiro atoms. The van der Waals surface area contributed by atoms with Gasteiger partial charge in [-0.15, -0.1) is 0 Å². The maximum atomic E-state index is 11.1. The number of nitrogens with zero attached hydrogens (tertiary/aromatic N) is 2. The fourth-order valence-electron chi connectivity index (χ4n) is 0.981. The Morgan fingerprint density at radius 2 is 2.38 bits per heavy atom. The van der Waals surface area contributed by atoms with Crippen LogP contribution in [0, 0.1) is 0 Å². The molecule has 0 aliphatic carbocycles. The molecule has 0 N–H and O–H groups in total. The molecular formula is C10H11ClN2O3. The molecule has 0 saturated heterocycles. The van der Waals surface area contributed by atoms with Crippen molar-refractivity contribution in [2.45, 2.75) is 6.92 Å². The van der Waals surface area contributed by atoms with Crippen LogP contribution in [0.5, 0.6) is 5.88 Å². The minimum absolute atomic E-state index is 0.0881. The molecule has 1 rings (SSSR count). The van der Waals surface area contributed by atoms with Crippen molar-refractivity contribution in [3.63, 3.8) is 0 Å². The number of esters is 1. The first-order valence-electron chi connectivity index (χ1n) is 4.58. The highest BCUT2D eigenvalue weighted by Gasteiger charge is 2.04.